The largest absolute Gasteiger partial charge is 0.353 e. The second-order valence-electron chi connectivity index (χ2n) is 6.48. The van der Waals surface area contributed by atoms with Crippen LogP contribution in [0.15, 0.2) is 54.6 Å². The molecule has 2 aromatic carbocycles. The van der Waals surface area contributed by atoms with Gasteiger partial charge in [-0.1, -0.05) is 36.4 Å². The van der Waals surface area contributed by atoms with E-state index in [2.05, 4.69) is 5.32 Å². The predicted molar refractivity (Wildman–Crippen MR) is 98.7 cm³/mol. The van der Waals surface area contributed by atoms with E-state index >= 15 is 0 Å². The smallest absolute Gasteiger partial charge is 0.259 e. The molecule has 0 fully saturated rings. The van der Waals surface area contributed by atoms with Gasteiger partial charge < -0.3 is 10.2 Å². The van der Waals surface area contributed by atoms with Crippen molar-refractivity contribution in [1.82, 2.24) is 10.2 Å². The van der Waals surface area contributed by atoms with E-state index in [-0.39, 0.29) is 11.8 Å². The van der Waals surface area contributed by atoms with Gasteiger partial charge in [0.05, 0.1) is 0 Å². The molecule has 0 saturated heterocycles. The van der Waals surface area contributed by atoms with E-state index in [9.17, 15) is 9.59 Å². The van der Waals surface area contributed by atoms with Crippen LogP contribution < -0.4 is 10.2 Å². The number of para-hydroxylation sites is 1. The molecule has 2 aromatic rings. The van der Waals surface area contributed by atoms with E-state index in [1.165, 1.54) is 0 Å². The lowest BCUT2D eigenvalue weighted by atomic mass is 10.1. The van der Waals surface area contributed by atoms with Gasteiger partial charge in [-0.3, -0.25) is 14.5 Å². The van der Waals surface area contributed by atoms with Crippen LogP contribution in [0.3, 0.4) is 0 Å². The molecule has 130 valence electrons. The molecule has 1 N–H and O–H groups in total. The van der Waals surface area contributed by atoms with Gasteiger partial charge in [0.1, 0.15) is 6.04 Å². The number of hydrogen-bond acceptors (Lipinski definition) is 3. The molecular weight excluding hydrogens is 314 g/mol. The highest BCUT2D eigenvalue weighted by Crippen LogP contribution is 2.33. The highest BCUT2D eigenvalue weighted by molar-refractivity contribution is 6.11. The molecule has 5 heteroatoms. The number of fused-ring (bicyclic) bond motifs is 1. The van der Waals surface area contributed by atoms with E-state index in [1.807, 2.05) is 61.5 Å². The lowest BCUT2D eigenvalue weighted by Crippen LogP contribution is -2.49. The average molecular weight is 337 g/mol. The van der Waals surface area contributed by atoms with Crippen LogP contribution in [-0.2, 0) is 11.2 Å². The third kappa shape index (κ3) is 3.72. The van der Waals surface area contributed by atoms with Crippen molar-refractivity contribution in [2.45, 2.75) is 12.5 Å². The lowest BCUT2D eigenvalue weighted by Gasteiger charge is -2.25. The van der Waals surface area contributed by atoms with Gasteiger partial charge in [-0.2, -0.15) is 0 Å². The minimum atomic E-state index is -0.507. The topological polar surface area (TPSA) is 52.7 Å². The Morgan fingerprint density at radius 2 is 1.76 bits per heavy atom. The minimum Gasteiger partial charge on any atom is -0.353 e. The summed E-state index contributed by atoms with van der Waals surface area (Å²) in [6, 6.07) is 16.3. The average Bonchev–Trinajstić information content (AvgIpc) is 3.01. The fraction of sp³-hybridized carbons (Fsp3) is 0.300. The third-order valence-corrected chi connectivity index (χ3v) is 4.38. The number of nitrogens with one attached hydrogen (secondary N) is 1. The van der Waals surface area contributed by atoms with E-state index in [1.54, 1.807) is 17.0 Å². The SMILES string of the molecule is CN(C)CCNC(=O)[C@H]1Cc2ccccc2N1C(=O)c1ccccc1. The van der Waals surface area contributed by atoms with Crippen molar-refractivity contribution >= 4 is 17.5 Å². The standard InChI is InChI=1S/C20H23N3O2/c1-22(2)13-12-21-19(24)18-14-16-10-6-7-11-17(16)23(18)20(25)15-8-4-3-5-9-15/h3-11,18H,12-14H2,1-2H3,(H,21,24)/t18-/m1/s1. The Balaban J connectivity index is 1.85. The van der Waals surface area contributed by atoms with Gasteiger partial charge in [0.25, 0.3) is 5.91 Å². The number of amides is 2. The van der Waals surface area contributed by atoms with E-state index in [0.717, 1.165) is 17.8 Å². The van der Waals surface area contributed by atoms with Crippen LogP contribution in [0.25, 0.3) is 0 Å². The molecule has 0 unspecified atom stereocenters. The minimum absolute atomic E-state index is 0.109. The fourth-order valence-corrected chi connectivity index (χ4v) is 3.09. The van der Waals surface area contributed by atoms with Crippen LogP contribution in [0.4, 0.5) is 5.69 Å². The predicted octanol–water partition coefficient (Wildman–Crippen LogP) is 1.94. The monoisotopic (exact) mass is 337 g/mol. The van der Waals surface area contributed by atoms with Crippen molar-refractivity contribution in [2.24, 2.45) is 0 Å². The Kier molecular flexibility index (Phi) is 5.14. The summed E-state index contributed by atoms with van der Waals surface area (Å²) in [5.74, 6) is -0.249. The van der Waals surface area contributed by atoms with Crippen LogP contribution in [0.5, 0.6) is 0 Å². The second-order valence-corrected chi connectivity index (χ2v) is 6.48. The van der Waals surface area contributed by atoms with Crippen LogP contribution in [-0.4, -0.2) is 49.9 Å². The van der Waals surface area contributed by atoms with Gasteiger partial charge >= 0.3 is 0 Å². The maximum absolute atomic E-state index is 13.0. The Hall–Kier alpha value is -2.66. The van der Waals surface area contributed by atoms with E-state index in [4.69, 9.17) is 0 Å². The van der Waals surface area contributed by atoms with Crippen molar-refractivity contribution in [3.8, 4) is 0 Å². The van der Waals surface area contributed by atoms with Crippen LogP contribution in [0.2, 0.25) is 0 Å². The van der Waals surface area contributed by atoms with Gasteiger partial charge in [-0.25, -0.2) is 0 Å². The summed E-state index contributed by atoms with van der Waals surface area (Å²) >= 11 is 0. The van der Waals surface area contributed by atoms with Gasteiger partial charge in [-0.15, -0.1) is 0 Å². The zero-order chi connectivity index (χ0) is 17.8. The highest BCUT2D eigenvalue weighted by atomic mass is 16.2. The molecule has 0 spiro atoms. The molecule has 2 amide bonds. The molecule has 0 saturated carbocycles. The van der Waals surface area contributed by atoms with E-state index < -0.39 is 6.04 Å². The molecule has 1 aliphatic rings. The van der Waals surface area contributed by atoms with Gasteiger partial charge in [-0.05, 0) is 37.9 Å². The number of anilines is 1. The van der Waals surface area contributed by atoms with Gasteiger partial charge in [0, 0.05) is 30.8 Å². The number of rotatable bonds is 5. The molecule has 0 radical (unpaired) electrons. The number of benzene rings is 2. The van der Waals surface area contributed by atoms with Crippen LogP contribution in [0.1, 0.15) is 15.9 Å². The number of hydrogen-bond donors (Lipinski definition) is 1. The van der Waals surface area contributed by atoms with E-state index in [0.29, 0.717) is 18.5 Å². The Morgan fingerprint density at radius 3 is 2.48 bits per heavy atom. The molecule has 25 heavy (non-hydrogen) atoms. The number of nitrogens with zero attached hydrogens (tertiary/aromatic N) is 2. The maximum atomic E-state index is 13.0. The van der Waals surface area contributed by atoms with Crippen LogP contribution in [0, 0.1) is 0 Å². The summed E-state index contributed by atoms with van der Waals surface area (Å²) in [5.41, 5.74) is 2.44. The first-order chi connectivity index (χ1) is 12.1. The van der Waals surface area contributed by atoms with Crippen molar-refractivity contribution in [3.63, 3.8) is 0 Å². The summed E-state index contributed by atoms with van der Waals surface area (Å²) in [6.45, 7) is 1.32. The number of carbonyl (C=O) groups excluding carboxylic acids is 2. The summed E-state index contributed by atoms with van der Waals surface area (Å²) in [5, 5.41) is 2.95. The molecule has 0 aromatic heterocycles. The molecular formula is C20H23N3O2. The van der Waals surface area contributed by atoms with Gasteiger partial charge in [0.15, 0.2) is 0 Å². The summed E-state index contributed by atoms with van der Waals surface area (Å²) in [4.78, 5) is 29.4. The normalized spacial score (nSPS) is 16.0. The molecule has 1 heterocycles. The maximum Gasteiger partial charge on any atom is 0.259 e. The molecule has 5 nitrogen and oxygen atoms in total. The zero-order valence-electron chi connectivity index (χ0n) is 14.6. The summed E-state index contributed by atoms with van der Waals surface area (Å²) < 4.78 is 0. The third-order valence-electron chi connectivity index (χ3n) is 4.38. The first-order valence-corrected chi connectivity index (χ1v) is 8.47. The van der Waals surface area contributed by atoms with Crippen molar-refractivity contribution in [3.05, 3.63) is 65.7 Å². The van der Waals surface area contributed by atoms with Crippen LogP contribution >= 0.6 is 0 Å². The molecule has 0 aliphatic carbocycles. The molecule has 1 aliphatic heterocycles. The second kappa shape index (κ2) is 7.49. The molecule has 1 atom stereocenters. The van der Waals surface area contributed by atoms with Crippen molar-refractivity contribution in [1.29, 1.82) is 0 Å². The zero-order valence-corrected chi connectivity index (χ0v) is 14.6. The quantitative estimate of drug-likeness (QED) is 0.907. The highest BCUT2D eigenvalue weighted by Gasteiger charge is 2.38. The summed E-state index contributed by atoms with van der Waals surface area (Å²) in [7, 11) is 3.92. The van der Waals surface area contributed by atoms with Gasteiger partial charge in [0.2, 0.25) is 5.91 Å². The fourth-order valence-electron chi connectivity index (χ4n) is 3.09. The van der Waals surface area contributed by atoms with Crippen molar-refractivity contribution in [2.75, 3.05) is 32.1 Å². The first kappa shape index (κ1) is 17.2. The Labute approximate surface area is 148 Å². The lowest BCUT2D eigenvalue weighted by molar-refractivity contribution is -0.122. The molecule has 3 rings (SSSR count). The Morgan fingerprint density at radius 1 is 1.08 bits per heavy atom. The number of likely N-dealkylation sites (N-methyl/N-ethyl adjacent to an activating group) is 1. The summed E-state index contributed by atoms with van der Waals surface area (Å²) in [6.07, 6.45) is 0.544. The van der Waals surface area contributed by atoms with Crippen molar-refractivity contribution < 1.29 is 9.59 Å². The Bertz CT molecular complexity index is 759. The first-order valence-electron chi connectivity index (χ1n) is 8.47. The molecule has 0 bridgehead atoms. The number of carbonyl (C=O) groups is 2.